The van der Waals surface area contributed by atoms with Crippen molar-refractivity contribution < 1.29 is 4.79 Å². The minimum atomic E-state index is 0.463. The lowest BCUT2D eigenvalue weighted by Gasteiger charge is -2.14. The fourth-order valence-corrected chi connectivity index (χ4v) is 0.756. The summed E-state index contributed by atoms with van der Waals surface area (Å²) in [6.07, 6.45) is 2.99. The first-order valence-corrected chi connectivity index (χ1v) is 3.42. The van der Waals surface area contributed by atoms with Gasteiger partial charge in [0.2, 0.25) is 6.29 Å². The minimum Gasteiger partial charge on any atom is -0.296 e. The van der Waals surface area contributed by atoms with E-state index in [-0.39, 0.29) is 0 Å². The molecule has 0 unspecified atom stereocenters. The maximum atomic E-state index is 9.88. The van der Waals surface area contributed by atoms with E-state index in [0.717, 1.165) is 19.5 Å². The van der Waals surface area contributed by atoms with Crippen LogP contribution in [0.5, 0.6) is 0 Å². The molecule has 0 aliphatic heterocycles. The number of likely N-dealkylation sites (N-methyl/N-ethyl adjacent to an activating group) is 1. The van der Waals surface area contributed by atoms with E-state index in [9.17, 15) is 4.79 Å². The second-order valence-corrected chi connectivity index (χ2v) is 2.01. The van der Waals surface area contributed by atoms with Gasteiger partial charge in [-0.1, -0.05) is 13.8 Å². The van der Waals surface area contributed by atoms with Crippen LogP contribution in [0, 0.1) is 0 Å². The standard InChI is InChI=1S/C7H14NO/c1-3-5-8(4-2)6-7-9/h3-6H2,1-2H3. The van der Waals surface area contributed by atoms with Gasteiger partial charge >= 0.3 is 0 Å². The lowest BCUT2D eigenvalue weighted by molar-refractivity contribution is 0.323. The van der Waals surface area contributed by atoms with Gasteiger partial charge in [0.15, 0.2) is 0 Å². The van der Waals surface area contributed by atoms with Crippen molar-refractivity contribution in [2.45, 2.75) is 20.3 Å². The molecule has 0 atom stereocenters. The van der Waals surface area contributed by atoms with E-state index in [0.29, 0.717) is 6.54 Å². The highest BCUT2D eigenvalue weighted by Crippen LogP contribution is 1.86. The van der Waals surface area contributed by atoms with Crippen molar-refractivity contribution in [2.24, 2.45) is 0 Å². The van der Waals surface area contributed by atoms with E-state index in [4.69, 9.17) is 0 Å². The molecule has 2 heteroatoms. The van der Waals surface area contributed by atoms with Crippen molar-refractivity contribution in [3.05, 3.63) is 0 Å². The van der Waals surface area contributed by atoms with Crippen LogP contribution in [0.3, 0.4) is 0 Å². The van der Waals surface area contributed by atoms with E-state index in [1.807, 2.05) is 13.2 Å². The molecule has 0 amide bonds. The summed E-state index contributed by atoms with van der Waals surface area (Å²) >= 11 is 0. The number of carbonyl (C=O) groups excluding carboxylic acids is 1. The third kappa shape index (κ3) is 4.15. The molecule has 0 aromatic heterocycles. The highest BCUT2D eigenvalue weighted by Gasteiger charge is 1.97. The second-order valence-electron chi connectivity index (χ2n) is 2.01. The Labute approximate surface area is 56.9 Å². The van der Waals surface area contributed by atoms with Crippen LogP contribution in [-0.4, -0.2) is 30.8 Å². The maximum absolute atomic E-state index is 9.88. The summed E-state index contributed by atoms with van der Waals surface area (Å²) in [4.78, 5) is 11.9. The van der Waals surface area contributed by atoms with Crippen LogP contribution >= 0.6 is 0 Å². The van der Waals surface area contributed by atoms with Crippen LogP contribution in [0.4, 0.5) is 0 Å². The van der Waals surface area contributed by atoms with Crippen LogP contribution in [0.25, 0.3) is 0 Å². The Morgan fingerprint density at radius 3 is 2.44 bits per heavy atom. The molecule has 0 aromatic carbocycles. The zero-order chi connectivity index (χ0) is 7.11. The van der Waals surface area contributed by atoms with Crippen molar-refractivity contribution in [1.29, 1.82) is 0 Å². The quantitative estimate of drug-likeness (QED) is 0.546. The number of hydrogen-bond donors (Lipinski definition) is 0. The van der Waals surface area contributed by atoms with Gasteiger partial charge in [-0.2, -0.15) is 0 Å². The third-order valence-electron chi connectivity index (χ3n) is 1.28. The average Bonchev–Trinajstić information content (AvgIpc) is 1.88. The van der Waals surface area contributed by atoms with Crippen molar-refractivity contribution >= 4 is 6.29 Å². The average molecular weight is 128 g/mol. The minimum absolute atomic E-state index is 0.463. The van der Waals surface area contributed by atoms with Gasteiger partial charge in [-0.3, -0.25) is 9.69 Å². The first-order valence-electron chi connectivity index (χ1n) is 3.42. The molecular weight excluding hydrogens is 114 g/mol. The summed E-state index contributed by atoms with van der Waals surface area (Å²) in [5.74, 6) is 0. The first-order chi connectivity index (χ1) is 4.35. The first kappa shape index (κ1) is 8.63. The molecule has 0 saturated heterocycles. The van der Waals surface area contributed by atoms with E-state index < -0.39 is 0 Å². The number of hydrogen-bond acceptors (Lipinski definition) is 2. The Morgan fingerprint density at radius 2 is 2.11 bits per heavy atom. The van der Waals surface area contributed by atoms with Crippen molar-refractivity contribution in [1.82, 2.24) is 4.90 Å². The van der Waals surface area contributed by atoms with Gasteiger partial charge in [0.1, 0.15) is 0 Å². The fraction of sp³-hybridized carbons (Fsp3) is 0.857. The summed E-state index contributed by atoms with van der Waals surface area (Å²) < 4.78 is 0. The highest BCUT2D eigenvalue weighted by molar-refractivity contribution is 5.52. The summed E-state index contributed by atoms with van der Waals surface area (Å²) in [6, 6.07) is 0. The molecule has 9 heavy (non-hydrogen) atoms. The van der Waals surface area contributed by atoms with Crippen molar-refractivity contribution in [3.8, 4) is 0 Å². The van der Waals surface area contributed by atoms with Crippen LogP contribution in [0.15, 0.2) is 0 Å². The number of rotatable bonds is 5. The van der Waals surface area contributed by atoms with Crippen LogP contribution in [0.1, 0.15) is 20.3 Å². The third-order valence-corrected chi connectivity index (χ3v) is 1.28. The van der Waals surface area contributed by atoms with Gasteiger partial charge in [-0.15, -0.1) is 0 Å². The van der Waals surface area contributed by atoms with Gasteiger partial charge in [-0.25, -0.2) is 0 Å². The van der Waals surface area contributed by atoms with Gasteiger partial charge in [0.05, 0.1) is 6.54 Å². The van der Waals surface area contributed by atoms with Crippen LogP contribution in [-0.2, 0) is 4.79 Å². The SMILES string of the molecule is CCCN(CC)C[C]=O. The number of nitrogens with zero attached hydrogens (tertiary/aromatic N) is 1. The molecule has 0 bridgehead atoms. The molecule has 0 N–H and O–H groups in total. The van der Waals surface area contributed by atoms with Crippen molar-refractivity contribution in [2.75, 3.05) is 19.6 Å². The molecule has 0 aliphatic carbocycles. The Bertz CT molecular complexity index is 73.3. The van der Waals surface area contributed by atoms with E-state index in [2.05, 4.69) is 11.8 Å². The van der Waals surface area contributed by atoms with Gasteiger partial charge < -0.3 is 0 Å². The van der Waals surface area contributed by atoms with E-state index in [1.165, 1.54) is 0 Å². The Hall–Kier alpha value is -0.370. The molecule has 1 radical (unpaired) electrons. The zero-order valence-corrected chi connectivity index (χ0v) is 6.18. The Balaban J connectivity index is 3.28. The molecule has 0 heterocycles. The largest absolute Gasteiger partial charge is 0.296 e. The molecular formula is C7H14NO. The second kappa shape index (κ2) is 5.76. The summed E-state index contributed by atoms with van der Waals surface area (Å²) in [7, 11) is 0. The molecule has 0 aliphatic rings. The van der Waals surface area contributed by atoms with Gasteiger partial charge in [-0.05, 0) is 19.5 Å². The molecule has 0 aromatic rings. The molecule has 53 valence electrons. The Kier molecular flexibility index (Phi) is 5.52. The highest BCUT2D eigenvalue weighted by atomic mass is 16.1. The summed E-state index contributed by atoms with van der Waals surface area (Å²) in [5.41, 5.74) is 0. The normalized spacial score (nSPS) is 10.1. The molecule has 0 spiro atoms. The monoisotopic (exact) mass is 128 g/mol. The molecule has 0 saturated carbocycles. The fourth-order valence-electron chi connectivity index (χ4n) is 0.756. The predicted octanol–water partition coefficient (Wildman–Crippen LogP) is 0.828. The molecule has 0 fully saturated rings. The summed E-state index contributed by atoms with van der Waals surface area (Å²) in [6.45, 7) is 6.57. The maximum Gasteiger partial charge on any atom is 0.213 e. The van der Waals surface area contributed by atoms with E-state index >= 15 is 0 Å². The van der Waals surface area contributed by atoms with Gasteiger partial charge in [0.25, 0.3) is 0 Å². The lowest BCUT2D eigenvalue weighted by atomic mass is 10.4. The summed E-state index contributed by atoms with van der Waals surface area (Å²) in [5, 5.41) is 0. The topological polar surface area (TPSA) is 20.3 Å². The van der Waals surface area contributed by atoms with Crippen LogP contribution in [0.2, 0.25) is 0 Å². The van der Waals surface area contributed by atoms with E-state index in [1.54, 1.807) is 0 Å². The molecule has 0 rings (SSSR count). The van der Waals surface area contributed by atoms with Gasteiger partial charge in [0, 0.05) is 0 Å². The lowest BCUT2D eigenvalue weighted by Crippen LogP contribution is -2.25. The smallest absolute Gasteiger partial charge is 0.213 e. The zero-order valence-electron chi connectivity index (χ0n) is 6.18. The predicted molar refractivity (Wildman–Crippen MR) is 38.1 cm³/mol. The van der Waals surface area contributed by atoms with Crippen molar-refractivity contribution in [3.63, 3.8) is 0 Å². The Morgan fingerprint density at radius 1 is 1.44 bits per heavy atom. The molecule has 2 nitrogen and oxygen atoms in total. The van der Waals surface area contributed by atoms with Crippen LogP contribution < -0.4 is 0 Å².